The minimum Gasteiger partial charge on any atom is -0.321 e. The Morgan fingerprint density at radius 3 is 1.57 bits per heavy atom. The number of ketones is 1. The lowest BCUT2D eigenvalue weighted by Gasteiger charge is -2.38. The normalized spacial score (nSPS) is 14.7. The molecule has 1 aromatic carbocycles. The number of Topliss-reactive ketones (excluding diaryl/α,β-unsaturated/α-hetero) is 1. The number of halogens is 1. The van der Waals surface area contributed by atoms with Gasteiger partial charge in [-0.2, -0.15) is 0 Å². The molecule has 0 radical (unpaired) electrons. The van der Waals surface area contributed by atoms with E-state index < -0.39 is 44.2 Å². The van der Waals surface area contributed by atoms with Crippen LogP contribution in [0.15, 0.2) is 24.3 Å². The SMILES string of the molecule is CCOP(=O)(OCC)C([C@H](c1ccc(F)cc1)[C@H](N)C(C)=O)P(=O)(OCC)OCC. The van der Waals surface area contributed by atoms with Crippen molar-refractivity contribution in [2.45, 2.75) is 52.0 Å². The van der Waals surface area contributed by atoms with E-state index in [-0.39, 0.29) is 26.4 Å². The van der Waals surface area contributed by atoms with Gasteiger partial charge in [-0.3, -0.25) is 13.9 Å². The molecule has 172 valence electrons. The molecule has 1 aromatic rings. The summed E-state index contributed by atoms with van der Waals surface area (Å²) in [5.41, 5.74) is 6.54. The molecule has 0 aromatic heterocycles. The molecule has 0 saturated heterocycles. The fourth-order valence-corrected chi connectivity index (χ4v) is 9.06. The van der Waals surface area contributed by atoms with Crippen molar-refractivity contribution in [3.8, 4) is 0 Å². The maximum atomic E-state index is 13.9. The predicted molar refractivity (Wildman–Crippen MR) is 113 cm³/mol. The first kappa shape index (κ1) is 27.1. The van der Waals surface area contributed by atoms with Gasteiger partial charge in [0.25, 0.3) is 0 Å². The second-order valence-corrected chi connectivity index (χ2v) is 11.1. The van der Waals surface area contributed by atoms with Crippen LogP contribution in [0.25, 0.3) is 0 Å². The van der Waals surface area contributed by atoms with Crippen molar-refractivity contribution >= 4 is 21.0 Å². The number of carbonyl (C=O) groups is 1. The van der Waals surface area contributed by atoms with Gasteiger partial charge in [-0.05, 0) is 52.3 Å². The molecule has 0 spiro atoms. The summed E-state index contributed by atoms with van der Waals surface area (Å²) < 4.78 is 63.3. The van der Waals surface area contributed by atoms with E-state index in [1.807, 2.05) is 0 Å². The van der Waals surface area contributed by atoms with Crippen LogP contribution in [-0.2, 0) is 32.0 Å². The highest BCUT2D eigenvalue weighted by Gasteiger charge is 2.57. The monoisotopic (exact) mass is 467 g/mol. The molecule has 0 aliphatic heterocycles. The Balaban J connectivity index is 3.86. The Labute approximate surface area is 177 Å². The lowest BCUT2D eigenvalue weighted by molar-refractivity contribution is -0.118. The average molecular weight is 467 g/mol. The number of rotatable bonds is 14. The summed E-state index contributed by atoms with van der Waals surface area (Å²) in [7, 11) is -8.35. The smallest absolute Gasteiger partial charge is 0.321 e. The zero-order valence-corrected chi connectivity index (χ0v) is 19.9. The lowest BCUT2D eigenvalue weighted by Crippen LogP contribution is -2.42. The summed E-state index contributed by atoms with van der Waals surface area (Å²) in [4.78, 5) is 12.3. The molecule has 0 aliphatic rings. The molecule has 0 fully saturated rings. The minimum absolute atomic E-state index is 0.0164. The first-order valence-electron chi connectivity index (χ1n) is 9.89. The highest BCUT2D eigenvalue weighted by molar-refractivity contribution is 7.72. The first-order valence-corrected chi connectivity index (χ1v) is 13.1. The maximum absolute atomic E-state index is 13.9. The van der Waals surface area contributed by atoms with E-state index in [9.17, 15) is 18.3 Å². The molecule has 0 amide bonds. The summed E-state index contributed by atoms with van der Waals surface area (Å²) in [6.07, 6.45) is 0. The van der Waals surface area contributed by atoms with Crippen LogP contribution in [0.2, 0.25) is 0 Å². The highest BCUT2D eigenvalue weighted by Crippen LogP contribution is 2.74. The molecule has 0 saturated carbocycles. The Hall–Kier alpha value is -0.920. The fourth-order valence-electron chi connectivity index (χ4n) is 3.17. The predicted octanol–water partition coefficient (Wildman–Crippen LogP) is 4.68. The largest absolute Gasteiger partial charge is 0.346 e. The van der Waals surface area contributed by atoms with Gasteiger partial charge in [0.05, 0.1) is 32.5 Å². The van der Waals surface area contributed by atoms with Crippen molar-refractivity contribution in [3.63, 3.8) is 0 Å². The van der Waals surface area contributed by atoms with Crippen molar-refractivity contribution in [1.82, 2.24) is 0 Å². The van der Waals surface area contributed by atoms with E-state index in [2.05, 4.69) is 0 Å². The van der Waals surface area contributed by atoms with Gasteiger partial charge in [0.1, 0.15) is 11.6 Å². The van der Waals surface area contributed by atoms with Gasteiger partial charge in [0.15, 0.2) is 5.40 Å². The van der Waals surface area contributed by atoms with E-state index >= 15 is 0 Å². The van der Waals surface area contributed by atoms with Crippen LogP contribution >= 0.6 is 15.2 Å². The maximum Gasteiger partial charge on any atom is 0.346 e. The molecule has 0 unspecified atom stereocenters. The van der Waals surface area contributed by atoms with Crippen LogP contribution in [0.1, 0.15) is 46.1 Å². The number of hydrogen-bond acceptors (Lipinski definition) is 8. The van der Waals surface area contributed by atoms with Crippen LogP contribution in [-0.4, -0.2) is 43.7 Å². The second kappa shape index (κ2) is 12.2. The average Bonchev–Trinajstić information content (AvgIpc) is 2.66. The third-order valence-corrected chi connectivity index (χ3v) is 10.4. The third-order valence-electron chi connectivity index (χ3n) is 4.32. The van der Waals surface area contributed by atoms with Crippen molar-refractivity contribution in [3.05, 3.63) is 35.6 Å². The van der Waals surface area contributed by atoms with Crippen LogP contribution in [0.4, 0.5) is 4.39 Å². The minimum atomic E-state index is -4.18. The molecule has 0 aliphatic carbocycles. The lowest BCUT2D eigenvalue weighted by atomic mass is 9.91. The number of carbonyl (C=O) groups excluding carboxylic acids is 1. The van der Waals surface area contributed by atoms with Gasteiger partial charge < -0.3 is 23.8 Å². The number of benzene rings is 1. The van der Waals surface area contributed by atoms with Crippen molar-refractivity contribution in [2.24, 2.45) is 5.73 Å². The third kappa shape index (κ3) is 6.54. The Kier molecular flexibility index (Phi) is 11.0. The molecule has 2 N–H and O–H groups in total. The summed E-state index contributed by atoms with van der Waals surface area (Å²) >= 11 is 0. The zero-order chi connectivity index (χ0) is 22.9. The van der Waals surface area contributed by atoms with Gasteiger partial charge in [0.2, 0.25) is 0 Å². The van der Waals surface area contributed by atoms with E-state index in [0.717, 1.165) is 0 Å². The summed E-state index contributed by atoms with van der Waals surface area (Å²) in [6.45, 7) is 7.61. The summed E-state index contributed by atoms with van der Waals surface area (Å²) in [6, 6.07) is 3.87. The first-order chi connectivity index (χ1) is 14.1. The Bertz CT molecular complexity index is 725. The molecule has 11 heteroatoms. The number of nitrogens with two attached hydrogens (primary N) is 1. The van der Waals surface area contributed by atoms with Crippen molar-refractivity contribution in [1.29, 1.82) is 0 Å². The van der Waals surface area contributed by atoms with Crippen molar-refractivity contribution < 1.29 is 36.4 Å². The van der Waals surface area contributed by atoms with Gasteiger partial charge in [0, 0.05) is 5.92 Å². The van der Waals surface area contributed by atoms with Crippen LogP contribution < -0.4 is 5.73 Å². The van der Waals surface area contributed by atoms with Gasteiger partial charge >= 0.3 is 15.2 Å². The molecule has 1 rings (SSSR count). The quantitative estimate of drug-likeness (QED) is 0.392. The second-order valence-electron chi connectivity index (χ2n) is 6.38. The van der Waals surface area contributed by atoms with Gasteiger partial charge in [-0.15, -0.1) is 0 Å². The molecule has 2 atom stereocenters. The van der Waals surface area contributed by atoms with Crippen molar-refractivity contribution in [2.75, 3.05) is 26.4 Å². The van der Waals surface area contributed by atoms with E-state index in [0.29, 0.717) is 5.56 Å². The van der Waals surface area contributed by atoms with E-state index in [1.165, 1.54) is 31.2 Å². The topological polar surface area (TPSA) is 114 Å². The molecule has 30 heavy (non-hydrogen) atoms. The standard InChI is InChI=1S/C19H32FNO7P2/c1-6-25-29(23,26-7-2)19(30(24,27-8-3)28-9-4)17(18(21)14(5)22)15-10-12-16(20)13-11-15/h10-13,17-19H,6-9,21H2,1-5H3/t17-,18-/m1/s1. The molecule has 0 bridgehead atoms. The van der Waals surface area contributed by atoms with Gasteiger partial charge in [-0.1, -0.05) is 12.1 Å². The van der Waals surface area contributed by atoms with Gasteiger partial charge in [-0.25, -0.2) is 4.39 Å². The van der Waals surface area contributed by atoms with E-state index in [1.54, 1.807) is 27.7 Å². The van der Waals surface area contributed by atoms with Crippen LogP contribution in [0.5, 0.6) is 0 Å². The van der Waals surface area contributed by atoms with Crippen LogP contribution in [0, 0.1) is 5.82 Å². The summed E-state index contributed by atoms with van der Waals surface area (Å²) in [5.74, 6) is -2.11. The summed E-state index contributed by atoms with van der Waals surface area (Å²) in [5, 5.41) is -1.53. The van der Waals surface area contributed by atoms with Crippen LogP contribution in [0.3, 0.4) is 0 Å². The number of hydrogen-bond donors (Lipinski definition) is 1. The molecular formula is C19H32FNO7P2. The molecule has 8 nitrogen and oxygen atoms in total. The van der Waals surface area contributed by atoms with E-state index in [4.69, 9.17) is 23.8 Å². The zero-order valence-electron chi connectivity index (χ0n) is 18.1. The highest BCUT2D eigenvalue weighted by atomic mass is 31.2. The molecule has 0 heterocycles. The Morgan fingerprint density at radius 2 is 1.27 bits per heavy atom. The molecular weight excluding hydrogens is 435 g/mol. The Morgan fingerprint density at radius 1 is 0.900 bits per heavy atom. The fraction of sp³-hybridized carbons (Fsp3) is 0.632.